The number of rotatable bonds is 4. The highest BCUT2D eigenvalue weighted by Crippen LogP contribution is 2.19. The van der Waals surface area contributed by atoms with Crippen molar-refractivity contribution in [1.82, 2.24) is 0 Å². The van der Waals surface area contributed by atoms with Crippen molar-refractivity contribution in [2.75, 3.05) is 0 Å². The molecule has 0 bridgehead atoms. The summed E-state index contributed by atoms with van der Waals surface area (Å²) in [5, 5.41) is 9.16. The van der Waals surface area contributed by atoms with Crippen molar-refractivity contribution in [2.24, 2.45) is 0 Å². The number of hydrogen-bond acceptors (Lipinski definition) is 3. The molecule has 18 heavy (non-hydrogen) atoms. The number of aryl methyl sites for hydroxylation is 1. The van der Waals surface area contributed by atoms with Crippen molar-refractivity contribution in [3.05, 3.63) is 41.5 Å². The number of esters is 1. The van der Waals surface area contributed by atoms with Crippen LogP contribution in [0.3, 0.4) is 0 Å². The lowest BCUT2D eigenvalue weighted by Gasteiger charge is -2.07. The van der Waals surface area contributed by atoms with Crippen LogP contribution in [0.15, 0.2) is 30.3 Å². The highest BCUT2D eigenvalue weighted by Gasteiger charge is 2.09. The second-order valence-corrected chi connectivity index (χ2v) is 4.17. The van der Waals surface area contributed by atoms with E-state index in [-0.39, 0.29) is 6.10 Å². The Labute approximate surface area is 108 Å². The Morgan fingerprint density at radius 1 is 1.44 bits per heavy atom. The molecule has 0 atom stereocenters. The van der Waals surface area contributed by atoms with E-state index in [0.717, 1.165) is 17.5 Å². The second kappa shape index (κ2) is 6.61. The monoisotopic (exact) mass is 243 g/mol. The Morgan fingerprint density at radius 2 is 2.11 bits per heavy atom. The number of carbonyl (C=O) groups is 1. The zero-order chi connectivity index (χ0) is 13.5. The summed E-state index contributed by atoms with van der Waals surface area (Å²) in [4.78, 5) is 11.5. The van der Waals surface area contributed by atoms with Crippen LogP contribution in [0, 0.1) is 11.3 Å². The van der Waals surface area contributed by atoms with Crippen LogP contribution in [-0.4, -0.2) is 12.1 Å². The topological polar surface area (TPSA) is 50.1 Å². The number of ether oxygens (including phenoxy) is 1. The minimum absolute atomic E-state index is 0.185. The zero-order valence-corrected chi connectivity index (χ0v) is 10.9. The van der Waals surface area contributed by atoms with E-state index in [4.69, 9.17) is 10.00 Å². The number of carbonyl (C=O) groups excluding carboxylic acids is 1. The molecule has 0 saturated heterocycles. The van der Waals surface area contributed by atoms with E-state index in [1.165, 1.54) is 6.08 Å². The van der Waals surface area contributed by atoms with Gasteiger partial charge in [-0.1, -0.05) is 31.2 Å². The van der Waals surface area contributed by atoms with E-state index >= 15 is 0 Å². The van der Waals surface area contributed by atoms with Crippen LogP contribution in [0.4, 0.5) is 0 Å². The van der Waals surface area contributed by atoms with Crippen molar-refractivity contribution in [2.45, 2.75) is 33.3 Å². The van der Waals surface area contributed by atoms with Gasteiger partial charge in [0.1, 0.15) is 6.07 Å². The normalized spacial score (nSPS) is 11.2. The van der Waals surface area contributed by atoms with Crippen molar-refractivity contribution >= 4 is 11.5 Å². The number of nitrogens with zero attached hydrogens (tertiary/aromatic N) is 1. The number of nitriles is 1. The van der Waals surface area contributed by atoms with E-state index in [0.29, 0.717) is 5.57 Å². The number of hydrogen-bond donors (Lipinski definition) is 0. The fraction of sp³-hybridized carbons (Fsp3) is 0.333. The minimum Gasteiger partial charge on any atom is -0.460 e. The summed E-state index contributed by atoms with van der Waals surface area (Å²) in [5.74, 6) is -0.479. The highest BCUT2D eigenvalue weighted by atomic mass is 16.5. The maximum absolute atomic E-state index is 11.5. The average Bonchev–Trinajstić information content (AvgIpc) is 2.35. The molecule has 1 aromatic carbocycles. The van der Waals surface area contributed by atoms with E-state index in [1.54, 1.807) is 13.8 Å². The molecule has 0 heterocycles. The van der Waals surface area contributed by atoms with Crippen molar-refractivity contribution in [1.29, 1.82) is 5.26 Å². The lowest BCUT2D eigenvalue weighted by atomic mass is 9.98. The average molecular weight is 243 g/mol. The van der Waals surface area contributed by atoms with Crippen LogP contribution >= 0.6 is 0 Å². The summed E-state index contributed by atoms with van der Waals surface area (Å²) >= 11 is 0. The molecule has 0 unspecified atom stereocenters. The van der Waals surface area contributed by atoms with Gasteiger partial charge in [0, 0.05) is 6.08 Å². The Bertz CT molecular complexity index is 495. The van der Waals surface area contributed by atoms with E-state index in [9.17, 15) is 4.79 Å². The minimum atomic E-state index is -0.479. The predicted octanol–water partition coefficient (Wildman–Crippen LogP) is 3.11. The third kappa shape index (κ3) is 3.74. The zero-order valence-electron chi connectivity index (χ0n) is 10.9. The first kappa shape index (κ1) is 14.0. The predicted molar refractivity (Wildman–Crippen MR) is 70.6 cm³/mol. The van der Waals surface area contributed by atoms with Gasteiger partial charge in [-0.05, 0) is 31.4 Å². The van der Waals surface area contributed by atoms with Crippen LogP contribution in [0.2, 0.25) is 0 Å². The second-order valence-electron chi connectivity index (χ2n) is 4.17. The first-order valence-electron chi connectivity index (χ1n) is 5.99. The van der Waals surface area contributed by atoms with Crippen LogP contribution in [0.25, 0.3) is 5.57 Å². The summed E-state index contributed by atoms with van der Waals surface area (Å²) in [7, 11) is 0. The van der Waals surface area contributed by atoms with Gasteiger partial charge in [-0.25, -0.2) is 4.79 Å². The van der Waals surface area contributed by atoms with Gasteiger partial charge in [0.05, 0.1) is 11.7 Å². The fourth-order valence-electron chi connectivity index (χ4n) is 1.65. The first-order chi connectivity index (χ1) is 8.58. The van der Waals surface area contributed by atoms with Crippen LogP contribution in [-0.2, 0) is 16.0 Å². The molecule has 0 aliphatic rings. The van der Waals surface area contributed by atoms with Gasteiger partial charge in [-0.2, -0.15) is 5.26 Å². The van der Waals surface area contributed by atoms with Crippen molar-refractivity contribution in [3.8, 4) is 6.07 Å². The molecule has 0 aromatic heterocycles. The van der Waals surface area contributed by atoms with E-state index < -0.39 is 5.97 Å². The molecule has 0 spiro atoms. The first-order valence-corrected chi connectivity index (χ1v) is 5.99. The summed E-state index contributed by atoms with van der Waals surface area (Å²) in [6, 6.07) is 9.63. The Balaban J connectivity index is 3.07. The Morgan fingerprint density at radius 3 is 2.67 bits per heavy atom. The van der Waals surface area contributed by atoms with Gasteiger partial charge in [0.15, 0.2) is 0 Å². The quantitative estimate of drug-likeness (QED) is 0.464. The lowest BCUT2D eigenvalue weighted by molar-refractivity contribution is -0.141. The third-order valence-electron chi connectivity index (χ3n) is 2.42. The molecular formula is C15H17NO2. The molecule has 0 radical (unpaired) electrons. The highest BCUT2D eigenvalue weighted by molar-refractivity contribution is 5.95. The molecule has 0 N–H and O–H groups in total. The van der Waals surface area contributed by atoms with Crippen molar-refractivity contribution < 1.29 is 9.53 Å². The third-order valence-corrected chi connectivity index (χ3v) is 2.42. The van der Waals surface area contributed by atoms with Crippen LogP contribution in [0.1, 0.15) is 31.9 Å². The largest absolute Gasteiger partial charge is 0.460 e. The van der Waals surface area contributed by atoms with Gasteiger partial charge in [0.2, 0.25) is 0 Å². The van der Waals surface area contributed by atoms with Gasteiger partial charge in [-0.15, -0.1) is 0 Å². The molecule has 0 aliphatic heterocycles. The molecule has 0 saturated carbocycles. The summed E-state index contributed by atoms with van der Waals surface area (Å²) in [5.41, 5.74) is 2.18. The smallest absolute Gasteiger partial charge is 0.332 e. The lowest BCUT2D eigenvalue weighted by Crippen LogP contribution is -2.09. The van der Waals surface area contributed by atoms with Gasteiger partial charge in [0.25, 0.3) is 0 Å². The molecule has 1 rings (SSSR count). The van der Waals surface area contributed by atoms with Gasteiger partial charge in [-0.3, -0.25) is 0 Å². The molecule has 0 fully saturated rings. The molecule has 3 nitrogen and oxygen atoms in total. The Hall–Kier alpha value is -2.08. The van der Waals surface area contributed by atoms with E-state index in [2.05, 4.69) is 6.07 Å². The molecule has 94 valence electrons. The SMILES string of the molecule is CCc1ccccc1C(C#N)=CC(=O)OC(C)C. The molecule has 0 aliphatic carbocycles. The fourth-order valence-corrected chi connectivity index (χ4v) is 1.65. The van der Waals surface area contributed by atoms with E-state index in [1.807, 2.05) is 31.2 Å². The number of allylic oxidation sites excluding steroid dienone is 1. The van der Waals surface area contributed by atoms with Crippen LogP contribution < -0.4 is 0 Å². The maximum Gasteiger partial charge on any atom is 0.332 e. The van der Waals surface area contributed by atoms with Crippen LogP contribution in [0.5, 0.6) is 0 Å². The molecule has 3 heteroatoms. The summed E-state index contributed by atoms with van der Waals surface area (Å²) < 4.78 is 5.01. The Kier molecular flexibility index (Phi) is 5.13. The number of benzene rings is 1. The van der Waals surface area contributed by atoms with Gasteiger partial charge >= 0.3 is 5.97 Å². The molecule has 1 aromatic rings. The van der Waals surface area contributed by atoms with Gasteiger partial charge < -0.3 is 4.74 Å². The summed E-state index contributed by atoms with van der Waals surface area (Å²) in [6.07, 6.45) is 1.89. The molecule has 0 amide bonds. The molecular weight excluding hydrogens is 226 g/mol. The standard InChI is InChI=1S/C15H17NO2/c1-4-12-7-5-6-8-14(12)13(10-16)9-15(17)18-11(2)3/h5-9,11H,4H2,1-3H3. The maximum atomic E-state index is 11.5. The van der Waals surface area contributed by atoms with Crippen molar-refractivity contribution in [3.63, 3.8) is 0 Å². The summed E-state index contributed by atoms with van der Waals surface area (Å²) in [6.45, 7) is 5.57.